The smallest absolute Gasteiger partial charge is 0.420 e. The van der Waals surface area contributed by atoms with Crippen molar-refractivity contribution in [2.45, 2.75) is 19.5 Å². The van der Waals surface area contributed by atoms with E-state index in [0.29, 0.717) is 5.33 Å². The highest BCUT2D eigenvalue weighted by Gasteiger charge is 2.34. The quantitative estimate of drug-likeness (QED) is 0.748. The van der Waals surface area contributed by atoms with Crippen LogP contribution in [-0.2, 0) is 6.18 Å². The number of hydrogen-bond donors (Lipinski definition) is 0. The highest BCUT2D eigenvalue weighted by Crippen LogP contribution is 2.37. The maximum absolute atomic E-state index is 12.9. The Hall–Kier alpha value is -1.22. The summed E-state index contributed by atoms with van der Waals surface area (Å²) in [4.78, 5) is 0. The van der Waals surface area contributed by atoms with Crippen molar-refractivity contribution >= 4 is 15.9 Å². The van der Waals surface area contributed by atoms with Gasteiger partial charge in [0.25, 0.3) is 0 Å². The van der Waals surface area contributed by atoms with Gasteiger partial charge in [0, 0.05) is 11.2 Å². The van der Waals surface area contributed by atoms with E-state index in [4.69, 9.17) is 10.00 Å². The van der Waals surface area contributed by atoms with E-state index in [0.717, 1.165) is 12.5 Å². The van der Waals surface area contributed by atoms with Crippen LogP contribution in [0, 0.1) is 17.2 Å². The first-order valence-corrected chi connectivity index (χ1v) is 6.84. The van der Waals surface area contributed by atoms with Crippen LogP contribution in [0.2, 0.25) is 0 Å². The predicted octanol–water partition coefficient (Wildman–Crippen LogP) is 4.38. The molecular weight excluding hydrogens is 323 g/mol. The summed E-state index contributed by atoms with van der Waals surface area (Å²) in [5.41, 5.74) is -0.941. The van der Waals surface area contributed by atoms with Gasteiger partial charge in [0.15, 0.2) is 0 Å². The van der Waals surface area contributed by atoms with Gasteiger partial charge >= 0.3 is 6.18 Å². The summed E-state index contributed by atoms with van der Waals surface area (Å²) in [6.45, 7) is 2.15. The molecule has 6 heteroatoms. The molecule has 0 bridgehead atoms. The molecule has 1 unspecified atom stereocenters. The molecule has 104 valence electrons. The van der Waals surface area contributed by atoms with Gasteiger partial charge in [-0.2, -0.15) is 18.4 Å². The van der Waals surface area contributed by atoms with E-state index < -0.39 is 11.7 Å². The molecule has 0 aliphatic carbocycles. The highest BCUT2D eigenvalue weighted by molar-refractivity contribution is 9.09. The Morgan fingerprint density at radius 2 is 2.11 bits per heavy atom. The molecule has 2 nitrogen and oxygen atoms in total. The van der Waals surface area contributed by atoms with Crippen molar-refractivity contribution in [3.05, 3.63) is 29.3 Å². The maximum Gasteiger partial charge on any atom is 0.420 e. The average molecular weight is 336 g/mol. The molecule has 1 atom stereocenters. The molecule has 0 fully saturated rings. The van der Waals surface area contributed by atoms with Crippen LogP contribution in [0.15, 0.2) is 18.2 Å². The Morgan fingerprint density at radius 3 is 2.58 bits per heavy atom. The Morgan fingerprint density at radius 1 is 1.42 bits per heavy atom. The van der Waals surface area contributed by atoms with Crippen LogP contribution in [0.4, 0.5) is 13.2 Å². The van der Waals surface area contributed by atoms with Crippen molar-refractivity contribution in [2.24, 2.45) is 5.92 Å². The van der Waals surface area contributed by atoms with Crippen LogP contribution >= 0.6 is 15.9 Å². The van der Waals surface area contributed by atoms with Gasteiger partial charge in [-0.05, 0) is 24.6 Å². The molecule has 0 N–H and O–H groups in total. The molecule has 1 aromatic carbocycles. The third-order valence-corrected chi connectivity index (χ3v) is 3.60. The van der Waals surface area contributed by atoms with Crippen molar-refractivity contribution in [3.8, 4) is 11.8 Å². The third kappa shape index (κ3) is 4.43. The summed E-state index contributed by atoms with van der Waals surface area (Å²) in [6.07, 6.45) is -3.72. The second-order valence-electron chi connectivity index (χ2n) is 4.06. The fourth-order valence-electron chi connectivity index (χ4n) is 1.43. The minimum absolute atomic E-state index is 0.0350. The summed E-state index contributed by atoms with van der Waals surface area (Å²) >= 11 is 3.29. The standard InChI is InChI=1S/C13H13BrF3NO/c1-2-9(6-14)8-19-12-4-3-10(7-18)5-11(12)13(15,16)17/h3-5,9H,2,6,8H2,1H3. The lowest BCUT2D eigenvalue weighted by Crippen LogP contribution is -2.15. The Bertz CT molecular complexity index is 464. The second-order valence-corrected chi connectivity index (χ2v) is 4.71. The minimum atomic E-state index is -4.53. The molecule has 0 amide bonds. The fourth-order valence-corrected chi connectivity index (χ4v) is 2.07. The summed E-state index contributed by atoms with van der Waals surface area (Å²) in [5.74, 6) is -0.0809. The number of alkyl halides is 4. The molecule has 0 saturated carbocycles. The van der Waals surface area contributed by atoms with Crippen LogP contribution in [0.25, 0.3) is 0 Å². The van der Waals surface area contributed by atoms with Crippen LogP contribution in [0.1, 0.15) is 24.5 Å². The molecule has 0 radical (unpaired) electrons. The molecule has 0 aromatic heterocycles. The van der Waals surface area contributed by atoms with E-state index in [1.54, 1.807) is 6.07 Å². The van der Waals surface area contributed by atoms with Crippen molar-refractivity contribution in [2.75, 3.05) is 11.9 Å². The normalized spacial score (nSPS) is 12.8. The van der Waals surface area contributed by atoms with Gasteiger partial charge in [-0.25, -0.2) is 0 Å². The van der Waals surface area contributed by atoms with Gasteiger partial charge in [0.05, 0.1) is 23.8 Å². The van der Waals surface area contributed by atoms with Crippen LogP contribution in [-0.4, -0.2) is 11.9 Å². The van der Waals surface area contributed by atoms with Gasteiger partial charge in [0.2, 0.25) is 0 Å². The van der Waals surface area contributed by atoms with E-state index in [2.05, 4.69) is 15.9 Å². The van der Waals surface area contributed by atoms with E-state index in [1.165, 1.54) is 12.1 Å². The second kappa shape index (κ2) is 6.80. The van der Waals surface area contributed by atoms with Crippen LogP contribution in [0.5, 0.6) is 5.75 Å². The van der Waals surface area contributed by atoms with Crippen molar-refractivity contribution < 1.29 is 17.9 Å². The zero-order valence-electron chi connectivity index (χ0n) is 10.3. The van der Waals surface area contributed by atoms with Crippen molar-refractivity contribution in [1.29, 1.82) is 5.26 Å². The lowest BCUT2D eigenvalue weighted by Gasteiger charge is -2.17. The molecule has 0 aliphatic heterocycles. The first-order chi connectivity index (χ1) is 8.92. The molecule has 0 heterocycles. The lowest BCUT2D eigenvalue weighted by atomic mass is 10.1. The largest absolute Gasteiger partial charge is 0.493 e. The van der Waals surface area contributed by atoms with Crippen LogP contribution in [0.3, 0.4) is 0 Å². The molecule has 0 aliphatic rings. The minimum Gasteiger partial charge on any atom is -0.493 e. The topological polar surface area (TPSA) is 33.0 Å². The average Bonchev–Trinajstić information content (AvgIpc) is 2.39. The number of rotatable bonds is 5. The van der Waals surface area contributed by atoms with Gasteiger partial charge in [-0.3, -0.25) is 0 Å². The molecular formula is C13H13BrF3NO. The van der Waals surface area contributed by atoms with Crippen molar-refractivity contribution in [1.82, 2.24) is 0 Å². The SMILES string of the molecule is CCC(CBr)COc1ccc(C#N)cc1C(F)(F)F. The van der Waals surface area contributed by atoms with E-state index >= 15 is 0 Å². The van der Waals surface area contributed by atoms with E-state index in [-0.39, 0.29) is 23.8 Å². The predicted molar refractivity (Wildman–Crippen MR) is 69.2 cm³/mol. The Labute approximate surface area is 118 Å². The molecule has 1 aromatic rings. The van der Waals surface area contributed by atoms with Gasteiger partial charge in [0.1, 0.15) is 5.75 Å². The van der Waals surface area contributed by atoms with Crippen LogP contribution < -0.4 is 4.74 Å². The summed E-state index contributed by atoms with van der Waals surface area (Å²) in [7, 11) is 0. The zero-order valence-corrected chi connectivity index (χ0v) is 11.9. The number of ether oxygens (including phenoxy) is 1. The van der Waals surface area contributed by atoms with E-state index in [1.807, 2.05) is 6.92 Å². The number of nitrogens with zero attached hydrogens (tertiary/aromatic N) is 1. The summed E-state index contributed by atoms with van der Waals surface area (Å²) < 4.78 is 43.8. The molecule has 0 spiro atoms. The van der Waals surface area contributed by atoms with Gasteiger partial charge < -0.3 is 4.74 Å². The highest BCUT2D eigenvalue weighted by atomic mass is 79.9. The molecule has 19 heavy (non-hydrogen) atoms. The number of benzene rings is 1. The number of nitriles is 1. The fraction of sp³-hybridized carbons (Fsp3) is 0.462. The summed E-state index contributed by atoms with van der Waals surface area (Å²) in [6, 6.07) is 5.02. The van der Waals surface area contributed by atoms with Gasteiger partial charge in [-0.15, -0.1) is 0 Å². The lowest BCUT2D eigenvalue weighted by molar-refractivity contribution is -0.139. The summed E-state index contributed by atoms with van der Waals surface area (Å²) in [5, 5.41) is 9.32. The molecule has 0 saturated heterocycles. The van der Waals surface area contributed by atoms with Crippen molar-refractivity contribution in [3.63, 3.8) is 0 Å². The zero-order chi connectivity index (χ0) is 14.5. The number of halogens is 4. The Kier molecular flexibility index (Phi) is 5.67. The number of hydrogen-bond acceptors (Lipinski definition) is 2. The van der Waals surface area contributed by atoms with Gasteiger partial charge in [-0.1, -0.05) is 22.9 Å². The first kappa shape index (κ1) is 15.8. The Balaban J connectivity index is 2.97. The van der Waals surface area contributed by atoms with E-state index in [9.17, 15) is 13.2 Å². The monoisotopic (exact) mass is 335 g/mol. The first-order valence-electron chi connectivity index (χ1n) is 5.72. The molecule has 1 rings (SSSR count). The third-order valence-electron chi connectivity index (χ3n) is 2.68. The maximum atomic E-state index is 12.9.